The summed E-state index contributed by atoms with van der Waals surface area (Å²) >= 11 is 0. The lowest BCUT2D eigenvalue weighted by Crippen LogP contribution is -2.63. The first-order chi connectivity index (χ1) is 24.5. The summed E-state index contributed by atoms with van der Waals surface area (Å²) in [6.07, 6.45) is 15.5. The molecule has 4 rings (SSSR count). The Bertz CT molecular complexity index is 1110. The Morgan fingerprint density at radius 1 is 0.745 bits per heavy atom. The molecule has 4 fully saturated rings. The number of nitrogens with two attached hydrogens (primary N) is 3. The summed E-state index contributed by atoms with van der Waals surface area (Å²) < 4.78 is 24.9. The molecule has 0 heterocycles. The van der Waals surface area contributed by atoms with Gasteiger partial charge in [-0.3, -0.25) is 14.4 Å². The van der Waals surface area contributed by atoms with Crippen molar-refractivity contribution in [1.82, 2.24) is 0 Å². The van der Waals surface area contributed by atoms with Crippen LogP contribution in [0.2, 0.25) is 0 Å². The second-order valence-corrected chi connectivity index (χ2v) is 17.0. The van der Waals surface area contributed by atoms with Crippen molar-refractivity contribution in [3.63, 3.8) is 0 Å². The maximum Gasteiger partial charge on any atom is 0.307 e. The van der Waals surface area contributed by atoms with E-state index >= 15 is 0 Å². The average Bonchev–Trinajstić information content (AvgIpc) is 3.45. The van der Waals surface area contributed by atoms with Gasteiger partial charge in [-0.05, 0) is 106 Å². The molecule has 0 radical (unpaired) electrons. The Balaban J connectivity index is 1.53. The summed E-state index contributed by atoms with van der Waals surface area (Å²) in [6, 6.07) is 0. The van der Waals surface area contributed by atoms with E-state index in [-0.39, 0.29) is 84.8 Å². The molecule has 0 saturated heterocycles. The molecule has 4 aliphatic rings. The number of ether oxygens (including phenoxy) is 4. The van der Waals surface area contributed by atoms with Crippen molar-refractivity contribution >= 4 is 17.9 Å². The second-order valence-electron chi connectivity index (χ2n) is 17.0. The van der Waals surface area contributed by atoms with E-state index in [1.54, 1.807) is 0 Å². The number of carbonyl (C=O) groups is 3. The Hall–Kier alpha value is -1.75. The Kier molecular flexibility index (Phi) is 16.5. The Labute approximate surface area is 308 Å². The van der Waals surface area contributed by atoms with Crippen LogP contribution in [0.15, 0.2) is 0 Å². The molecule has 10 heteroatoms. The van der Waals surface area contributed by atoms with E-state index in [4.69, 9.17) is 36.1 Å². The highest BCUT2D eigenvalue weighted by molar-refractivity contribution is 5.70. The van der Waals surface area contributed by atoms with Crippen LogP contribution in [0.25, 0.3) is 0 Å². The number of hydrogen-bond donors (Lipinski definition) is 3. The molecule has 0 amide bonds. The molecule has 51 heavy (non-hydrogen) atoms. The van der Waals surface area contributed by atoms with Gasteiger partial charge >= 0.3 is 17.9 Å². The number of unbranched alkanes of at least 4 members (excludes halogenated alkanes) is 5. The molecule has 0 unspecified atom stereocenters. The van der Waals surface area contributed by atoms with Crippen molar-refractivity contribution in [3.8, 4) is 0 Å². The van der Waals surface area contributed by atoms with Crippen LogP contribution in [-0.4, -0.2) is 69.1 Å². The molecule has 4 aliphatic carbocycles. The summed E-state index contributed by atoms with van der Waals surface area (Å²) in [6.45, 7) is 11.7. The van der Waals surface area contributed by atoms with Crippen LogP contribution in [0.5, 0.6) is 0 Å². The molecule has 11 atom stereocenters. The SMILES string of the molecule is CCCCCCCCOC(=O)CC[C@@H](C)[C@H]1CC[C@H]2[C@@H]3[C@H](OC(=O)CCN)C[C@H]4C[C@H](OC(=O)CCN)CC[C@]4(C)[C@H]3C[C@H](OCCCN)[C@]12C. The predicted octanol–water partition coefficient (Wildman–Crippen LogP) is 6.44. The van der Waals surface area contributed by atoms with E-state index in [0.717, 1.165) is 70.6 Å². The van der Waals surface area contributed by atoms with Crippen molar-refractivity contribution in [1.29, 1.82) is 0 Å². The molecule has 10 nitrogen and oxygen atoms in total. The fraction of sp³-hybridized carbons (Fsp3) is 0.927. The zero-order chi connectivity index (χ0) is 37.0. The highest BCUT2D eigenvalue weighted by Gasteiger charge is 2.67. The minimum atomic E-state index is -0.232. The highest BCUT2D eigenvalue weighted by atomic mass is 16.6. The van der Waals surface area contributed by atoms with Gasteiger partial charge in [0.1, 0.15) is 12.2 Å². The van der Waals surface area contributed by atoms with Gasteiger partial charge in [-0.2, -0.15) is 0 Å². The lowest BCUT2D eigenvalue weighted by Gasteiger charge is -2.64. The fourth-order valence-corrected chi connectivity index (χ4v) is 11.2. The van der Waals surface area contributed by atoms with Crippen molar-refractivity contribution in [3.05, 3.63) is 0 Å². The Morgan fingerprint density at radius 3 is 2.16 bits per heavy atom. The monoisotopic (exact) mass is 720 g/mol. The van der Waals surface area contributed by atoms with Crippen molar-refractivity contribution in [2.45, 2.75) is 162 Å². The van der Waals surface area contributed by atoms with Gasteiger partial charge in [-0.15, -0.1) is 0 Å². The molecular weight excluding hydrogens is 646 g/mol. The molecular formula is C41H73N3O7. The molecule has 0 spiro atoms. The summed E-state index contributed by atoms with van der Waals surface area (Å²) in [5.74, 6) is 1.25. The van der Waals surface area contributed by atoms with E-state index in [1.165, 1.54) is 25.7 Å². The van der Waals surface area contributed by atoms with E-state index in [9.17, 15) is 14.4 Å². The fourth-order valence-electron chi connectivity index (χ4n) is 11.2. The third-order valence-electron chi connectivity index (χ3n) is 14.0. The van der Waals surface area contributed by atoms with Gasteiger partial charge in [0.15, 0.2) is 0 Å². The van der Waals surface area contributed by atoms with E-state index < -0.39 is 0 Å². The molecule has 0 aliphatic heterocycles. The molecule has 0 aromatic heterocycles. The van der Waals surface area contributed by atoms with Gasteiger partial charge in [0, 0.05) is 37.5 Å². The highest BCUT2D eigenvalue weighted by Crippen LogP contribution is 2.69. The van der Waals surface area contributed by atoms with Crippen LogP contribution in [0, 0.1) is 46.3 Å². The number of esters is 3. The maximum atomic E-state index is 13.1. The average molecular weight is 720 g/mol. The minimum absolute atomic E-state index is 0.0124. The smallest absolute Gasteiger partial charge is 0.307 e. The maximum absolute atomic E-state index is 13.1. The van der Waals surface area contributed by atoms with E-state index in [2.05, 4.69) is 27.7 Å². The zero-order valence-electron chi connectivity index (χ0n) is 32.5. The lowest BCUT2D eigenvalue weighted by molar-refractivity contribution is -0.226. The lowest BCUT2D eigenvalue weighted by atomic mass is 9.43. The molecule has 0 bridgehead atoms. The van der Waals surface area contributed by atoms with Gasteiger partial charge in [0.05, 0.1) is 25.6 Å². The van der Waals surface area contributed by atoms with Gasteiger partial charge in [0.25, 0.3) is 0 Å². The zero-order valence-corrected chi connectivity index (χ0v) is 32.5. The third-order valence-corrected chi connectivity index (χ3v) is 14.0. The first-order valence-electron chi connectivity index (χ1n) is 20.8. The molecule has 4 saturated carbocycles. The van der Waals surface area contributed by atoms with Crippen LogP contribution >= 0.6 is 0 Å². The van der Waals surface area contributed by atoms with Crippen LogP contribution in [-0.2, 0) is 33.3 Å². The van der Waals surface area contributed by atoms with Crippen LogP contribution in [0.1, 0.15) is 143 Å². The van der Waals surface area contributed by atoms with E-state index in [1.807, 2.05) is 0 Å². The van der Waals surface area contributed by atoms with Crippen LogP contribution in [0.3, 0.4) is 0 Å². The van der Waals surface area contributed by atoms with Crippen molar-refractivity contribution in [2.24, 2.45) is 63.5 Å². The minimum Gasteiger partial charge on any atom is -0.466 e. The standard InChI is InChI=1S/C41H73N3O7/c1-5-6-7-8-9-10-23-49-36(45)15-12-28(2)31-13-14-32-39-33(27-35(41(31,32)4)48-24-11-20-42)40(3)19-16-30(50-37(46)17-21-43)25-29(40)26-34(39)51-38(47)18-22-44/h28-35,39H,5-27,42-44H2,1-4H3/t28-,29-,30-,31-,32+,33+,34-,35+,39+,40+,41-/m1/s1. The number of carbonyl (C=O) groups excluding carboxylic acids is 3. The molecule has 6 N–H and O–H groups in total. The summed E-state index contributed by atoms with van der Waals surface area (Å²) in [4.78, 5) is 38.4. The Morgan fingerprint density at radius 2 is 1.45 bits per heavy atom. The number of hydrogen-bond acceptors (Lipinski definition) is 10. The first kappa shape index (κ1) is 42.0. The van der Waals surface area contributed by atoms with Crippen molar-refractivity contribution in [2.75, 3.05) is 32.8 Å². The van der Waals surface area contributed by atoms with Gasteiger partial charge in [-0.25, -0.2) is 0 Å². The summed E-state index contributed by atoms with van der Waals surface area (Å²) in [7, 11) is 0. The quantitative estimate of drug-likeness (QED) is 0.0683. The van der Waals surface area contributed by atoms with Crippen molar-refractivity contribution < 1.29 is 33.3 Å². The van der Waals surface area contributed by atoms with Gasteiger partial charge in [-0.1, -0.05) is 59.8 Å². The molecule has 294 valence electrons. The third kappa shape index (κ3) is 10.3. The normalized spacial score (nSPS) is 34.9. The second kappa shape index (κ2) is 20.1. The van der Waals surface area contributed by atoms with E-state index in [0.29, 0.717) is 49.9 Å². The topological polar surface area (TPSA) is 166 Å². The predicted molar refractivity (Wildman–Crippen MR) is 199 cm³/mol. The summed E-state index contributed by atoms with van der Waals surface area (Å²) in [5.41, 5.74) is 17.3. The molecule has 0 aromatic carbocycles. The first-order valence-corrected chi connectivity index (χ1v) is 20.8. The van der Waals surface area contributed by atoms with Crippen LogP contribution < -0.4 is 17.2 Å². The number of fused-ring (bicyclic) bond motifs is 5. The van der Waals surface area contributed by atoms with Crippen LogP contribution in [0.4, 0.5) is 0 Å². The molecule has 0 aromatic rings. The van der Waals surface area contributed by atoms with Gasteiger partial charge < -0.3 is 36.1 Å². The number of rotatable bonds is 21. The largest absolute Gasteiger partial charge is 0.466 e. The summed E-state index contributed by atoms with van der Waals surface area (Å²) in [5, 5.41) is 0. The van der Waals surface area contributed by atoms with Gasteiger partial charge in [0.2, 0.25) is 0 Å².